The number of halogens is 1. The smallest absolute Gasteiger partial charge is 0.239 e. The van der Waals surface area contributed by atoms with Gasteiger partial charge in [0.05, 0.1) is 19.3 Å². The minimum Gasteiger partial charge on any atom is -0.495 e. The van der Waals surface area contributed by atoms with Crippen molar-refractivity contribution in [1.82, 2.24) is 5.32 Å². The summed E-state index contributed by atoms with van der Waals surface area (Å²) in [6.07, 6.45) is 1.76. The van der Waals surface area contributed by atoms with Gasteiger partial charge in [0.1, 0.15) is 5.75 Å². The zero-order chi connectivity index (χ0) is 14.4. The number of carbonyl (C=O) groups is 1. The van der Waals surface area contributed by atoms with Crippen molar-refractivity contribution in [3.8, 4) is 5.75 Å². The maximum Gasteiger partial charge on any atom is 0.239 e. The zero-order valence-corrected chi connectivity index (χ0v) is 13.0. The normalized spacial score (nSPS) is 15.7. The number of carbonyl (C=O) groups excluding carboxylic acids is 1. The lowest BCUT2D eigenvalue weighted by Crippen LogP contribution is -2.41. The number of hydrogen-bond donors (Lipinski definition) is 2. The van der Waals surface area contributed by atoms with E-state index in [1.54, 1.807) is 7.11 Å². The molecule has 0 saturated carbocycles. The minimum absolute atomic E-state index is 0.0149. The second kappa shape index (κ2) is 7.50. The van der Waals surface area contributed by atoms with Gasteiger partial charge < -0.3 is 20.1 Å². The SMILES string of the molecule is COc1ccc(Br)cc1NCC(=O)NC1CCOCC1. The molecule has 1 amide bonds. The Balaban J connectivity index is 1.84. The van der Waals surface area contributed by atoms with Crippen LogP contribution in [0.25, 0.3) is 0 Å². The molecule has 0 unspecified atom stereocenters. The van der Waals surface area contributed by atoms with E-state index in [4.69, 9.17) is 9.47 Å². The van der Waals surface area contributed by atoms with Gasteiger partial charge in [-0.3, -0.25) is 4.79 Å². The topological polar surface area (TPSA) is 59.6 Å². The van der Waals surface area contributed by atoms with Crippen molar-refractivity contribution in [3.63, 3.8) is 0 Å². The lowest BCUT2D eigenvalue weighted by Gasteiger charge is -2.23. The van der Waals surface area contributed by atoms with Crippen molar-refractivity contribution in [2.75, 3.05) is 32.2 Å². The molecule has 2 rings (SSSR count). The molecule has 20 heavy (non-hydrogen) atoms. The van der Waals surface area contributed by atoms with Crippen LogP contribution in [0.5, 0.6) is 5.75 Å². The molecular weight excluding hydrogens is 324 g/mol. The van der Waals surface area contributed by atoms with Crippen molar-refractivity contribution in [2.24, 2.45) is 0 Å². The molecular formula is C14H19BrN2O3. The predicted octanol–water partition coefficient (Wildman–Crippen LogP) is 2.16. The molecule has 5 nitrogen and oxygen atoms in total. The fourth-order valence-corrected chi connectivity index (χ4v) is 2.48. The van der Waals surface area contributed by atoms with Crippen molar-refractivity contribution in [3.05, 3.63) is 22.7 Å². The number of amides is 1. The molecule has 0 spiro atoms. The van der Waals surface area contributed by atoms with E-state index in [-0.39, 0.29) is 18.5 Å². The third-order valence-corrected chi connectivity index (χ3v) is 3.68. The van der Waals surface area contributed by atoms with Gasteiger partial charge in [-0.1, -0.05) is 15.9 Å². The Bertz CT molecular complexity index is 462. The second-order valence-electron chi connectivity index (χ2n) is 4.65. The summed E-state index contributed by atoms with van der Waals surface area (Å²) in [6.45, 7) is 1.67. The van der Waals surface area contributed by atoms with Crippen molar-refractivity contribution in [2.45, 2.75) is 18.9 Å². The molecule has 1 aromatic carbocycles. The molecule has 1 saturated heterocycles. The Hall–Kier alpha value is -1.27. The summed E-state index contributed by atoms with van der Waals surface area (Å²) in [5, 5.41) is 6.10. The fourth-order valence-electron chi connectivity index (χ4n) is 2.11. The van der Waals surface area contributed by atoms with Gasteiger partial charge in [-0.25, -0.2) is 0 Å². The second-order valence-corrected chi connectivity index (χ2v) is 5.57. The van der Waals surface area contributed by atoms with E-state index in [0.717, 1.165) is 36.2 Å². The van der Waals surface area contributed by atoms with Gasteiger partial charge in [0, 0.05) is 23.7 Å². The highest BCUT2D eigenvalue weighted by Crippen LogP contribution is 2.27. The van der Waals surface area contributed by atoms with Gasteiger partial charge in [-0.2, -0.15) is 0 Å². The van der Waals surface area contributed by atoms with Crippen molar-refractivity contribution in [1.29, 1.82) is 0 Å². The lowest BCUT2D eigenvalue weighted by atomic mass is 10.1. The highest BCUT2D eigenvalue weighted by molar-refractivity contribution is 9.10. The Morgan fingerprint density at radius 3 is 2.90 bits per heavy atom. The molecule has 1 aliphatic rings. The maximum atomic E-state index is 11.9. The summed E-state index contributed by atoms with van der Waals surface area (Å²) in [4.78, 5) is 11.9. The molecule has 1 fully saturated rings. The standard InChI is InChI=1S/C14H19BrN2O3/c1-19-13-3-2-10(15)8-12(13)16-9-14(18)17-11-4-6-20-7-5-11/h2-3,8,11,16H,4-7,9H2,1H3,(H,17,18). The van der Waals surface area contributed by atoms with Gasteiger partial charge in [0.15, 0.2) is 0 Å². The van der Waals surface area contributed by atoms with Crippen LogP contribution in [0, 0.1) is 0 Å². The first-order valence-electron chi connectivity index (χ1n) is 6.63. The molecule has 1 aliphatic heterocycles. The van der Waals surface area contributed by atoms with Crippen LogP contribution in [0.3, 0.4) is 0 Å². The summed E-state index contributed by atoms with van der Waals surface area (Å²) < 4.78 is 11.5. The number of nitrogens with one attached hydrogen (secondary N) is 2. The van der Waals surface area contributed by atoms with Gasteiger partial charge in [-0.15, -0.1) is 0 Å². The van der Waals surface area contributed by atoms with Crippen LogP contribution >= 0.6 is 15.9 Å². The summed E-state index contributed by atoms with van der Waals surface area (Å²) in [7, 11) is 1.61. The molecule has 6 heteroatoms. The van der Waals surface area contributed by atoms with Crippen LogP contribution in [0.2, 0.25) is 0 Å². The van der Waals surface area contributed by atoms with Gasteiger partial charge >= 0.3 is 0 Å². The molecule has 0 aliphatic carbocycles. The van der Waals surface area contributed by atoms with Crippen LogP contribution in [0.15, 0.2) is 22.7 Å². The third kappa shape index (κ3) is 4.38. The van der Waals surface area contributed by atoms with E-state index >= 15 is 0 Å². The van der Waals surface area contributed by atoms with E-state index in [1.165, 1.54) is 0 Å². The van der Waals surface area contributed by atoms with Crippen LogP contribution in [-0.4, -0.2) is 38.8 Å². The highest BCUT2D eigenvalue weighted by Gasteiger charge is 2.16. The van der Waals surface area contributed by atoms with E-state index < -0.39 is 0 Å². The minimum atomic E-state index is -0.0149. The number of ether oxygens (including phenoxy) is 2. The number of anilines is 1. The summed E-state index contributed by atoms with van der Waals surface area (Å²) in [5.41, 5.74) is 0.795. The Morgan fingerprint density at radius 1 is 1.45 bits per heavy atom. The van der Waals surface area contributed by atoms with E-state index in [1.807, 2.05) is 18.2 Å². The maximum absolute atomic E-state index is 11.9. The van der Waals surface area contributed by atoms with Crippen molar-refractivity contribution < 1.29 is 14.3 Å². The summed E-state index contributed by atoms with van der Waals surface area (Å²) >= 11 is 3.40. The van der Waals surface area contributed by atoms with Gasteiger partial charge in [0.25, 0.3) is 0 Å². The van der Waals surface area contributed by atoms with Crippen LogP contribution in [-0.2, 0) is 9.53 Å². The largest absolute Gasteiger partial charge is 0.495 e. The summed E-state index contributed by atoms with van der Waals surface area (Å²) in [5.74, 6) is 0.700. The molecule has 0 aromatic heterocycles. The number of benzene rings is 1. The van der Waals surface area contributed by atoms with Crippen LogP contribution in [0.4, 0.5) is 5.69 Å². The molecule has 0 atom stereocenters. The molecule has 1 aromatic rings. The van der Waals surface area contributed by atoms with Gasteiger partial charge in [0.2, 0.25) is 5.91 Å². The Kier molecular flexibility index (Phi) is 5.67. The average molecular weight is 343 g/mol. The van der Waals surface area contributed by atoms with Gasteiger partial charge in [-0.05, 0) is 31.0 Å². The Morgan fingerprint density at radius 2 is 2.20 bits per heavy atom. The zero-order valence-electron chi connectivity index (χ0n) is 11.4. The van der Waals surface area contributed by atoms with E-state index in [2.05, 4.69) is 26.6 Å². The monoisotopic (exact) mass is 342 g/mol. The molecule has 1 heterocycles. The Labute approximate surface area is 127 Å². The predicted molar refractivity (Wildman–Crippen MR) is 81.2 cm³/mol. The summed E-state index contributed by atoms with van der Waals surface area (Å²) in [6, 6.07) is 5.86. The van der Waals surface area contributed by atoms with E-state index in [0.29, 0.717) is 5.75 Å². The number of methoxy groups -OCH3 is 1. The molecule has 0 radical (unpaired) electrons. The molecule has 0 bridgehead atoms. The van der Waals surface area contributed by atoms with Crippen LogP contribution in [0.1, 0.15) is 12.8 Å². The van der Waals surface area contributed by atoms with E-state index in [9.17, 15) is 4.79 Å². The lowest BCUT2D eigenvalue weighted by molar-refractivity contribution is -0.120. The number of rotatable bonds is 5. The molecule has 2 N–H and O–H groups in total. The third-order valence-electron chi connectivity index (χ3n) is 3.19. The molecule has 110 valence electrons. The van der Waals surface area contributed by atoms with Crippen molar-refractivity contribution >= 4 is 27.5 Å². The first-order chi connectivity index (χ1) is 9.69. The quantitative estimate of drug-likeness (QED) is 0.860. The van der Waals surface area contributed by atoms with Crippen LogP contribution < -0.4 is 15.4 Å². The first-order valence-corrected chi connectivity index (χ1v) is 7.43. The first kappa shape index (κ1) is 15.1. The average Bonchev–Trinajstić information content (AvgIpc) is 2.46. The highest BCUT2D eigenvalue weighted by atomic mass is 79.9. The fraction of sp³-hybridized carbons (Fsp3) is 0.500. The number of hydrogen-bond acceptors (Lipinski definition) is 4.